The van der Waals surface area contributed by atoms with Crippen LogP contribution in [0.2, 0.25) is 5.15 Å². The molecule has 9 heteroatoms. The van der Waals surface area contributed by atoms with Gasteiger partial charge in [-0.2, -0.15) is 0 Å². The Balaban J connectivity index is 3.03. The summed E-state index contributed by atoms with van der Waals surface area (Å²) in [5.74, 6) is -0.793. The second-order valence-corrected chi connectivity index (χ2v) is 2.64. The van der Waals surface area contributed by atoms with Crippen LogP contribution in [0.5, 0.6) is 5.75 Å². The van der Waals surface area contributed by atoms with Gasteiger partial charge >= 0.3 is 12.0 Å². The number of hydrogen-bond donors (Lipinski definition) is 0. The summed E-state index contributed by atoms with van der Waals surface area (Å²) in [5, 5.41) is 9.78. The summed E-state index contributed by atoms with van der Waals surface area (Å²) in [7, 11) is 0. The quantitative estimate of drug-likeness (QED) is 0.454. The third kappa shape index (κ3) is 3.24. The monoisotopic (exact) mass is 242 g/mol. The van der Waals surface area contributed by atoms with Gasteiger partial charge in [-0.05, 0) is 0 Å². The van der Waals surface area contributed by atoms with Gasteiger partial charge in [-0.3, -0.25) is 10.1 Å². The minimum absolute atomic E-state index is 0.505. The van der Waals surface area contributed by atoms with E-state index >= 15 is 0 Å². The molecule has 0 aliphatic carbocycles. The third-order valence-electron chi connectivity index (χ3n) is 1.23. The van der Waals surface area contributed by atoms with Crippen molar-refractivity contribution in [3.05, 3.63) is 27.5 Å². The van der Waals surface area contributed by atoms with E-state index in [1.165, 1.54) is 0 Å². The first kappa shape index (κ1) is 11.5. The molecule has 82 valence electrons. The summed E-state index contributed by atoms with van der Waals surface area (Å²) >= 11 is 5.27. The molecule has 0 unspecified atom stereocenters. The molecule has 1 rings (SSSR count). The maximum absolute atomic E-state index is 11.7. The van der Waals surface area contributed by atoms with Crippen LogP contribution in [0.4, 0.5) is 18.9 Å². The zero-order chi connectivity index (χ0) is 11.6. The Morgan fingerprint density at radius 2 is 2.13 bits per heavy atom. The average molecular weight is 243 g/mol. The Hall–Kier alpha value is -1.57. The van der Waals surface area contributed by atoms with Crippen molar-refractivity contribution in [3.8, 4) is 5.75 Å². The first-order chi connectivity index (χ1) is 6.79. The van der Waals surface area contributed by atoms with Gasteiger partial charge in [0.25, 0.3) is 0 Å². The fourth-order valence-electron chi connectivity index (χ4n) is 0.735. The minimum Gasteiger partial charge on any atom is -0.404 e. The number of hydrogen-bond acceptors (Lipinski definition) is 4. The van der Waals surface area contributed by atoms with Crippen LogP contribution in [0, 0.1) is 10.1 Å². The maximum atomic E-state index is 11.7. The molecule has 5 nitrogen and oxygen atoms in total. The van der Waals surface area contributed by atoms with Crippen LogP contribution >= 0.6 is 11.6 Å². The standard InChI is InChI=1S/C6H2ClF3N2O3/c7-5-4(12(13)14)1-3(2-11-5)15-6(8,9)10/h1-2H. The van der Waals surface area contributed by atoms with Crippen LogP contribution in [0.3, 0.4) is 0 Å². The molecule has 1 aromatic rings. The summed E-state index contributed by atoms with van der Waals surface area (Å²) < 4.78 is 38.6. The van der Waals surface area contributed by atoms with Crippen molar-refractivity contribution in [2.75, 3.05) is 0 Å². The zero-order valence-corrected chi connectivity index (χ0v) is 7.54. The van der Waals surface area contributed by atoms with Crippen molar-refractivity contribution in [1.82, 2.24) is 4.98 Å². The van der Waals surface area contributed by atoms with E-state index in [1.54, 1.807) is 0 Å². The molecule has 0 aromatic carbocycles. The first-order valence-corrected chi connectivity index (χ1v) is 3.73. The van der Waals surface area contributed by atoms with Gasteiger partial charge in [0.2, 0.25) is 5.15 Å². The van der Waals surface area contributed by atoms with E-state index in [0.717, 1.165) is 0 Å². The zero-order valence-electron chi connectivity index (χ0n) is 6.79. The molecule has 0 N–H and O–H groups in total. The second-order valence-electron chi connectivity index (χ2n) is 2.29. The molecule has 15 heavy (non-hydrogen) atoms. The van der Waals surface area contributed by atoms with Gasteiger partial charge in [-0.25, -0.2) is 4.98 Å². The first-order valence-electron chi connectivity index (χ1n) is 3.35. The molecule has 0 aliphatic rings. The van der Waals surface area contributed by atoms with Gasteiger partial charge in [0.15, 0.2) is 5.75 Å². The number of rotatable bonds is 2. The Labute approximate surface area is 85.6 Å². The maximum Gasteiger partial charge on any atom is 0.573 e. The van der Waals surface area contributed by atoms with Crippen molar-refractivity contribution in [2.45, 2.75) is 6.36 Å². The van der Waals surface area contributed by atoms with Crippen molar-refractivity contribution < 1.29 is 22.8 Å². The average Bonchev–Trinajstić information content (AvgIpc) is 2.05. The molecule has 0 spiro atoms. The number of nitrogens with zero attached hydrogens (tertiary/aromatic N) is 2. The fourth-order valence-corrected chi connectivity index (χ4v) is 0.908. The van der Waals surface area contributed by atoms with E-state index < -0.39 is 27.9 Å². The van der Waals surface area contributed by atoms with E-state index in [0.29, 0.717) is 12.3 Å². The molecular weight excluding hydrogens is 241 g/mol. The van der Waals surface area contributed by atoms with E-state index in [9.17, 15) is 23.3 Å². The van der Waals surface area contributed by atoms with Gasteiger partial charge in [-0.15, -0.1) is 13.2 Å². The largest absolute Gasteiger partial charge is 0.573 e. The lowest BCUT2D eigenvalue weighted by atomic mass is 10.4. The lowest BCUT2D eigenvalue weighted by molar-refractivity contribution is -0.385. The fraction of sp³-hybridized carbons (Fsp3) is 0.167. The highest BCUT2D eigenvalue weighted by atomic mass is 35.5. The molecule has 0 atom stereocenters. The SMILES string of the molecule is O=[N+]([O-])c1cc(OC(F)(F)F)cnc1Cl. The van der Waals surface area contributed by atoms with Crippen LogP contribution in [-0.2, 0) is 0 Å². The van der Waals surface area contributed by atoms with Crippen molar-refractivity contribution in [1.29, 1.82) is 0 Å². The van der Waals surface area contributed by atoms with Gasteiger partial charge in [-0.1, -0.05) is 11.6 Å². The molecular formula is C6H2ClF3N2O3. The summed E-state index contributed by atoms with van der Waals surface area (Å²) in [4.78, 5) is 12.5. The normalized spacial score (nSPS) is 11.2. The van der Waals surface area contributed by atoms with Gasteiger partial charge in [0.05, 0.1) is 17.2 Å². The predicted octanol–water partition coefficient (Wildman–Crippen LogP) is 2.54. The highest BCUT2D eigenvalue weighted by Gasteiger charge is 2.32. The summed E-state index contributed by atoms with van der Waals surface area (Å²) in [6, 6.07) is 0.544. The molecule has 0 fully saturated rings. The number of halogens is 4. The van der Waals surface area contributed by atoms with E-state index in [4.69, 9.17) is 11.6 Å². The minimum atomic E-state index is -4.93. The molecule has 0 saturated carbocycles. The second kappa shape index (κ2) is 3.89. The smallest absolute Gasteiger partial charge is 0.404 e. The van der Waals surface area contributed by atoms with Gasteiger partial charge in [0.1, 0.15) is 0 Å². The van der Waals surface area contributed by atoms with Gasteiger partial charge < -0.3 is 4.74 Å². The number of nitro groups is 1. The van der Waals surface area contributed by atoms with E-state index in [2.05, 4.69) is 9.72 Å². The van der Waals surface area contributed by atoms with E-state index in [-0.39, 0.29) is 0 Å². The lowest BCUT2D eigenvalue weighted by Gasteiger charge is -2.07. The van der Waals surface area contributed by atoms with Crippen LogP contribution in [0.1, 0.15) is 0 Å². The highest BCUT2D eigenvalue weighted by molar-refractivity contribution is 6.31. The Morgan fingerprint density at radius 3 is 2.60 bits per heavy atom. The van der Waals surface area contributed by atoms with Crippen LogP contribution in [-0.4, -0.2) is 16.3 Å². The predicted molar refractivity (Wildman–Crippen MR) is 42.6 cm³/mol. The lowest BCUT2D eigenvalue weighted by Crippen LogP contribution is -2.17. The molecule has 1 heterocycles. The topological polar surface area (TPSA) is 65.3 Å². The highest BCUT2D eigenvalue weighted by Crippen LogP contribution is 2.29. The molecule has 0 radical (unpaired) electrons. The Kier molecular flexibility index (Phi) is 2.98. The molecule has 0 amide bonds. The third-order valence-corrected chi connectivity index (χ3v) is 1.52. The number of alkyl halides is 3. The summed E-state index contributed by atoms with van der Waals surface area (Å²) in [5.41, 5.74) is -0.751. The van der Waals surface area contributed by atoms with Crippen molar-refractivity contribution >= 4 is 17.3 Å². The summed E-state index contributed by atoms with van der Waals surface area (Å²) in [6.45, 7) is 0. The molecule has 1 aromatic heterocycles. The van der Waals surface area contributed by atoms with Crippen LogP contribution in [0.25, 0.3) is 0 Å². The van der Waals surface area contributed by atoms with Crippen LogP contribution in [0.15, 0.2) is 12.3 Å². The van der Waals surface area contributed by atoms with Gasteiger partial charge in [0, 0.05) is 0 Å². The van der Waals surface area contributed by atoms with Crippen molar-refractivity contribution in [2.24, 2.45) is 0 Å². The molecule has 0 saturated heterocycles. The number of pyridine rings is 1. The number of ether oxygens (including phenoxy) is 1. The Bertz CT molecular complexity index is 396. The van der Waals surface area contributed by atoms with Crippen LogP contribution < -0.4 is 4.74 Å². The molecule has 0 bridgehead atoms. The summed E-state index contributed by atoms with van der Waals surface area (Å²) in [6.07, 6.45) is -4.29. The van der Waals surface area contributed by atoms with Crippen molar-refractivity contribution in [3.63, 3.8) is 0 Å². The Morgan fingerprint density at radius 1 is 1.53 bits per heavy atom. The number of aromatic nitrogens is 1. The van der Waals surface area contributed by atoms with E-state index in [1.807, 2.05) is 0 Å². The molecule has 0 aliphatic heterocycles.